The van der Waals surface area contributed by atoms with E-state index in [4.69, 9.17) is 0 Å². The van der Waals surface area contributed by atoms with Crippen molar-refractivity contribution in [1.29, 1.82) is 0 Å². The van der Waals surface area contributed by atoms with Crippen LogP contribution < -0.4 is 4.90 Å². The molecule has 0 aliphatic carbocycles. The van der Waals surface area contributed by atoms with Crippen LogP contribution in [0.15, 0.2) is 18.3 Å². The maximum Gasteiger partial charge on any atom is 0.163 e. The fraction of sp³-hybridized carbons (Fsp3) is 0.500. The Morgan fingerprint density at radius 1 is 1.53 bits per heavy atom. The van der Waals surface area contributed by atoms with Crippen LogP contribution in [0.4, 0.5) is 5.82 Å². The number of hydrogen-bond donors (Lipinski definition) is 0. The van der Waals surface area contributed by atoms with Gasteiger partial charge in [0.2, 0.25) is 0 Å². The Morgan fingerprint density at radius 3 is 2.87 bits per heavy atom. The van der Waals surface area contributed by atoms with Crippen LogP contribution in [0.5, 0.6) is 0 Å². The van der Waals surface area contributed by atoms with Crippen LogP contribution in [-0.4, -0.2) is 24.4 Å². The molecule has 0 bridgehead atoms. The van der Waals surface area contributed by atoms with Crippen molar-refractivity contribution in [3.8, 4) is 0 Å². The second-order valence-corrected chi connectivity index (χ2v) is 3.71. The van der Waals surface area contributed by atoms with Gasteiger partial charge in [0.1, 0.15) is 5.82 Å². The van der Waals surface area contributed by atoms with Crippen molar-refractivity contribution in [1.82, 2.24) is 4.98 Å². The molecule has 82 valence electrons. The molecule has 0 N–H and O–H groups in total. The van der Waals surface area contributed by atoms with Gasteiger partial charge in [-0.1, -0.05) is 13.3 Å². The molecular formula is C12H18N2O. The number of carbonyl (C=O) groups excluding carboxylic acids is 1. The predicted molar refractivity (Wildman–Crippen MR) is 62.4 cm³/mol. The van der Waals surface area contributed by atoms with Crippen molar-refractivity contribution in [3.63, 3.8) is 0 Å². The summed E-state index contributed by atoms with van der Waals surface area (Å²) in [5.41, 5.74) is 0.705. The summed E-state index contributed by atoms with van der Waals surface area (Å²) < 4.78 is 0. The number of pyridine rings is 1. The third-order valence-corrected chi connectivity index (χ3v) is 2.37. The van der Waals surface area contributed by atoms with Crippen molar-refractivity contribution in [2.75, 3.05) is 18.5 Å². The number of Topliss-reactive ketones (excluding diaryl/α,β-unsaturated/α-hetero) is 1. The molecule has 1 aromatic heterocycles. The van der Waals surface area contributed by atoms with Crippen molar-refractivity contribution >= 4 is 11.6 Å². The van der Waals surface area contributed by atoms with Crippen LogP contribution >= 0.6 is 0 Å². The van der Waals surface area contributed by atoms with Crippen molar-refractivity contribution < 1.29 is 4.79 Å². The highest BCUT2D eigenvalue weighted by Gasteiger charge is 2.10. The Morgan fingerprint density at radius 2 is 2.27 bits per heavy atom. The molecule has 0 radical (unpaired) electrons. The van der Waals surface area contributed by atoms with Crippen LogP contribution in [0, 0.1) is 0 Å². The number of unbranched alkanes of at least 4 members (excludes halogenated alkanes) is 1. The minimum Gasteiger partial charge on any atom is -0.359 e. The SMILES string of the molecule is CCCCN(C)c1ncccc1C(C)=O. The Kier molecular flexibility index (Phi) is 4.28. The van der Waals surface area contributed by atoms with Crippen LogP contribution in [0.1, 0.15) is 37.0 Å². The summed E-state index contributed by atoms with van der Waals surface area (Å²) in [7, 11) is 1.98. The van der Waals surface area contributed by atoms with Gasteiger partial charge in [-0.3, -0.25) is 4.79 Å². The molecule has 0 saturated carbocycles. The molecule has 1 aromatic rings. The molecule has 1 heterocycles. The number of rotatable bonds is 5. The zero-order valence-electron chi connectivity index (χ0n) is 9.66. The van der Waals surface area contributed by atoms with Crippen molar-refractivity contribution in [2.45, 2.75) is 26.7 Å². The molecule has 0 unspecified atom stereocenters. The molecule has 1 rings (SSSR count). The molecule has 0 spiro atoms. The van der Waals surface area contributed by atoms with Crippen molar-refractivity contribution in [2.24, 2.45) is 0 Å². The van der Waals surface area contributed by atoms with E-state index in [1.54, 1.807) is 19.2 Å². The topological polar surface area (TPSA) is 33.2 Å². The number of nitrogens with zero attached hydrogens (tertiary/aromatic N) is 2. The van der Waals surface area contributed by atoms with Crippen LogP contribution in [0.3, 0.4) is 0 Å². The third-order valence-electron chi connectivity index (χ3n) is 2.37. The first-order chi connectivity index (χ1) is 7.16. The largest absolute Gasteiger partial charge is 0.359 e. The highest BCUT2D eigenvalue weighted by atomic mass is 16.1. The number of hydrogen-bond acceptors (Lipinski definition) is 3. The lowest BCUT2D eigenvalue weighted by atomic mass is 10.2. The van der Waals surface area contributed by atoms with E-state index >= 15 is 0 Å². The summed E-state index contributed by atoms with van der Waals surface area (Å²) in [6, 6.07) is 3.63. The minimum atomic E-state index is 0.0708. The number of carbonyl (C=O) groups is 1. The van der Waals surface area contributed by atoms with E-state index in [0.29, 0.717) is 5.56 Å². The van der Waals surface area contributed by atoms with E-state index in [-0.39, 0.29) is 5.78 Å². The second kappa shape index (κ2) is 5.49. The van der Waals surface area contributed by atoms with E-state index in [9.17, 15) is 4.79 Å². The summed E-state index contributed by atoms with van der Waals surface area (Å²) in [5, 5.41) is 0. The molecule has 3 heteroatoms. The van der Waals surface area contributed by atoms with E-state index in [1.165, 1.54) is 0 Å². The highest BCUT2D eigenvalue weighted by Crippen LogP contribution is 2.16. The van der Waals surface area contributed by atoms with Gasteiger partial charge >= 0.3 is 0 Å². The average molecular weight is 206 g/mol. The Balaban J connectivity index is 2.87. The van der Waals surface area contributed by atoms with Gasteiger partial charge in [0.15, 0.2) is 5.78 Å². The van der Waals surface area contributed by atoms with Gasteiger partial charge in [0.25, 0.3) is 0 Å². The van der Waals surface area contributed by atoms with Crippen LogP contribution in [0.25, 0.3) is 0 Å². The molecule has 0 aromatic carbocycles. The second-order valence-electron chi connectivity index (χ2n) is 3.71. The molecule has 0 amide bonds. The van der Waals surface area contributed by atoms with E-state index in [0.717, 1.165) is 25.2 Å². The maximum atomic E-state index is 11.4. The molecule has 0 aliphatic heterocycles. The normalized spacial score (nSPS) is 10.1. The van der Waals surface area contributed by atoms with Gasteiger partial charge in [-0.15, -0.1) is 0 Å². The monoisotopic (exact) mass is 206 g/mol. The zero-order chi connectivity index (χ0) is 11.3. The predicted octanol–water partition coefficient (Wildman–Crippen LogP) is 2.52. The summed E-state index contributed by atoms with van der Waals surface area (Å²) in [6.45, 7) is 4.67. The molecule has 15 heavy (non-hydrogen) atoms. The molecule has 0 atom stereocenters. The van der Waals surface area contributed by atoms with Gasteiger partial charge in [0.05, 0.1) is 5.56 Å². The smallest absolute Gasteiger partial charge is 0.163 e. The van der Waals surface area contributed by atoms with Crippen LogP contribution in [-0.2, 0) is 0 Å². The van der Waals surface area contributed by atoms with E-state index < -0.39 is 0 Å². The summed E-state index contributed by atoms with van der Waals surface area (Å²) in [4.78, 5) is 17.7. The van der Waals surface area contributed by atoms with Gasteiger partial charge in [0, 0.05) is 19.8 Å². The van der Waals surface area contributed by atoms with Gasteiger partial charge < -0.3 is 4.90 Å². The Bertz CT molecular complexity index is 336. The van der Waals surface area contributed by atoms with E-state index in [1.807, 2.05) is 18.0 Å². The van der Waals surface area contributed by atoms with E-state index in [2.05, 4.69) is 11.9 Å². The van der Waals surface area contributed by atoms with Crippen LogP contribution in [0.2, 0.25) is 0 Å². The number of anilines is 1. The number of aromatic nitrogens is 1. The fourth-order valence-corrected chi connectivity index (χ4v) is 1.48. The lowest BCUT2D eigenvalue weighted by molar-refractivity contribution is 0.101. The quantitative estimate of drug-likeness (QED) is 0.694. The molecule has 3 nitrogen and oxygen atoms in total. The Labute approximate surface area is 91.1 Å². The lowest BCUT2D eigenvalue weighted by Gasteiger charge is -2.19. The molecule has 0 fully saturated rings. The van der Waals surface area contributed by atoms with Gasteiger partial charge in [-0.25, -0.2) is 4.98 Å². The first-order valence-electron chi connectivity index (χ1n) is 5.34. The van der Waals surface area contributed by atoms with Gasteiger partial charge in [-0.2, -0.15) is 0 Å². The molecule has 0 saturated heterocycles. The van der Waals surface area contributed by atoms with Gasteiger partial charge in [-0.05, 0) is 25.5 Å². The first kappa shape index (κ1) is 11.7. The molecule has 0 aliphatic rings. The Hall–Kier alpha value is -1.38. The third kappa shape index (κ3) is 3.05. The maximum absolute atomic E-state index is 11.4. The first-order valence-corrected chi connectivity index (χ1v) is 5.34. The summed E-state index contributed by atoms with van der Waals surface area (Å²) in [5.74, 6) is 0.861. The average Bonchev–Trinajstić information content (AvgIpc) is 2.25. The zero-order valence-corrected chi connectivity index (χ0v) is 9.66. The minimum absolute atomic E-state index is 0.0708. The summed E-state index contributed by atoms with van der Waals surface area (Å²) >= 11 is 0. The fourth-order valence-electron chi connectivity index (χ4n) is 1.48. The van der Waals surface area contributed by atoms with Crippen molar-refractivity contribution in [3.05, 3.63) is 23.9 Å². The summed E-state index contributed by atoms with van der Waals surface area (Å²) in [6.07, 6.45) is 3.99. The number of ketones is 1. The standard InChI is InChI=1S/C12H18N2O/c1-4-5-9-14(3)12-11(10(2)15)7-6-8-13-12/h6-8H,4-5,9H2,1-3H3. The highest BCUT2D eigenvalue weighted by molar-refractivity contribution is 5.98. The lowest BCUT2D eigenvalue weighted by Crippen LogP contribution is -2.21. The molecular weight excluding hydrogens is 188 g/mol.